The standard InChI is InChI=1S/2C8H16O2.C6H11NO2.C4H11NO.CH3.Mn.4H2/c2*1-3-5-6-7(4-2)8(9)10;1-2-7(3-5-8)4-6-9;1-5(2)3-4-6;;;;;;/h2*7H,3-6H2,1-2H3,(H,9,10);1,8-9H,3-6H2;6H,3-4H2,1-2H3;1H3;;4*1H/q;;;;+1;;;;;. The zero-order valence-electron chi connectivity index (χ0n) is 24.5. The summed E-state index contributed by atoms with van der Waals surface area (Å²) in [4.78, 5) is 24.3. The fraction of sp³-hybridized carbons (Fsp3) is 0.815. The number of aliphatic hydroxyl groups is 3. The number of rotatable bonds is 16. The summed E-state index contributed by atoms with van der Waals surface area (Å²) in [6.07, 6.45) is 12.4. The van der Waals surface area contributed by atoms with E-state index in [9.17, 15) is 9.59 Å². The predicted molar refractivity (Wildman–Crippen MR) is 157 cm³/mol. The molecule has 0 amide bonds. The Morgan fingerprint density at radius 2 is 1.11 bits per heavy atom. The quantitative estimate of drug-likeness (QED) is 0.0772. The van der Waals surface area contributed by atoms with Gasteiger partial charge in [-0.2, -0.15) is 0 Å². The average molecular weight is 585 g/mol. The molecule has 0 rings (SSSR count). The van der Waals surface area contributed by atoms with Gasteiger partial charge in [-0.1, -0.05) is 59.8 Å². The number of aliphatic carboxylic acids is 2. The van der Waals surface area contributed by atoms with Crippen LogP contribution in [-0.4, -0.2) is 101 Å². The van der Waals surface area contributed by atoms with Gasteiger partial charge in [0.2, 0.25) is 0 Å². The van der Waals surface area contributed by atoms with E-state index in [1.165, 1.54) is 4.90 Å². The van der Waals surface area contributed by atoms with Crippen LogP contribution >= 0.6 is 0 Å². The van der Waals surface area contributed by atoms with E-state index in [2.05, 4.69) is 19.9 Å². The van der Waals surface area contributed by atoms with E-state index in [0.29, 0.717) is 13.1 Å². The third kappa shape index (κ3) is 41.9. The van der Waals surface area contributed by atoms with Crippen molar-refractivity contribution < 1.29 is 57.9 Å². The van der Waals surface area contributed by atoms with Crippen LogP contribution in [0.4, 0.5) is 0 Å². The van der Waals surface area contributed by atoms with Crippen molar-refractivity contribution in [2.75, 3.05) is 53.6 Å². The minimum Gasteiger partial charge on any atom is -0.481 e. The Labute approximate surface area is 244 Å². The van der Waals surface area contributed by atoms with E-state index in [4.69, 9.17) is 32.0 Å². The van der Waals surface area contributed by atoms with Gasteiger partial charge >= 0.3 is 11.9 Å². The van der Waals surface area contributed by atoms with Crippen molar-refractivity contribution in [1.29, 1.82) is 0 Å². The van der Waals surface area contributed by atoms with E-state index >= 15 is 0 Å². The van der Waals surface area contributed by atoms with Gasteiger partial charge in [-0.15, -0.1) is 0 Å². The van der Waals surface area contributed by atoms with Crippen molar-refractivity contribution in [1.82, 2.24) is 9.80 Å². The van der Waals surface area contributed by atoms with Crippen molar-refractivity contribution in [2.24, 2.45) is 11.8 Å². The van der Waals surface area contributed by atoms with Crippen LogP contribution in [-0.2, 0) is 26.7 Å². The van der Waals surface area contributed by atoms with Gasteiger partial charge in [0.25, 0.3) is 0 Å². The molecule has 5 N–H and O–H groups in total. The minimum atomic E-state index is -0.643. The molecule has 0 aliphatic rings. The number of carbonyl (C=O) groups is 2. The maximum absolute atomic E-state index is 10.4. The molecule has 0 fully saturated rings. The number of terminal acetylenes is 1. The van der Waals surface area contributed by atoms with Crippen molar-refractivity contribution >= 4 is 11.9 Å². The molecule has 2 atom stereocenters. The molecule has 37 heavy (non-hydrogen) atoms. The van der Waals surface area contributed by atoms with Gasteiger partial charge in [-0.05, 0) is 39.8 Å². The van der Waals surface area contributed by atoms with Crippen molar-refractivity contribution in [3.63, 3.8) is 0 Å². The Kier molecular flexibility index (Phi) is 51.3. The molecule has 0 aliphatic carbocycles. The number of carboxylic acid groups (broad SMARTS) is 2. The molecule has 0 saturated heterocycles. The van der Waals surface area contributed by atoms with E-state index in [0.717, 1.165) is 57.9 Å². The van der Waals surface area contributed by atoms with E-state index < -0.39 is 11.9 Å². The largest absolute Gasteiger partial charge is 0.481 e. The first-order valence-corrected chi connectivity index (χ1v) is 12.7. The van der Waals surface area contributed by atoms with Crippen molar-refractivity contribution in [3.05, 3.63) is 7.43 Å². The third-order valence-corrected chi connectivity index (χ3v) is 4.97. The molecule has 0 aromatic carbocycles. The maximum atomic E-state index is 10.4. The summed E-state index contributed by atoms with van der Waals surface area (Å²) < 4.78 is 0. The van der Waals surface area contributed by atoms with Crippen LogP contribution in [0.3, 0.4) is 0 Å². The van der Waals surface area contributed by atoms with Gasteiger partial charge in [0.05, 0.1) is 31.7 Å². The van der Waals surface area contributed by atoms with Gasteiger partial charge in [0.1, 0.15) is 0 Å². The molecule has 0 aromatic rings. The van der Waals surface area contributed by atoms with Gasteiger partial charge in [0, 0.05) is 55.9 Å². The summed E-state index contributed by atoms with van der Waals surface area (Å²) >= 11 is 0. The van der Waals surface area contributed by atoms with Crippen LogP contribution in [0.5, 0.6) is 0 Å². The molecule has 2 unspecified atom stereocenters. The Balaban J connectivity index is -0.0000000377. The molecular weight excluding hydrogens is 519 g/mol. The number of likely N-dealkylation sites (N-methyl/N-ethyl adjacent to an activating group) is 1. The Hall–Kier alpha value is -1.47. The van der Waals surface area contributed by atoms with Crippen LogP contribution in [0.1, 0.15) is 84.8 Å². The molecule has 0 saturated carbocycles. The van der Waals surface area contributed by atoms with Crippen LogP contribution in [0.15, 0.2) is 0 Å². The zero-order valence-corrected chi connectivity index (χ0v) is 25.6. The molecule has 1 radical (unpaired) electrons. The number of hydrogen-bond donors (Lipinski definition) is 5. The van der Waals surface area contributed by atoms with Gasteiger partial charge in [-0.3, -0.25) is 9.59 Å². The predicted octanol–water partition coefficient (Wildman–Crippen LogP) is 4.41. The van der Waals surface area contributed by atoms with Gasteiger partial charge < -0.3 is 35.3 Å². The van der Waals surface area contributed by atoms with Gasteiger partial charge in [0.15, 0.2) is 0 Å². The molecule has 10 heteroatoms. The first-order valence-electron chi connectivity index (χ1n) is 12.7. The molecule has 0 bridgehead atoms. The molecular formula is C27H65MnN2O7+. The smallest absolute Gasteiger partial charge is 0.306 e. The SMILES string of the molecule is C#CN(CCO)CCO.CCCCC(CC)C(=O)O.CCCCC(CC)C(=O)O.CN(C)CCO.[CH3+].[HH].[HH].[HH].[HH].[Mn]. The summed E-state index contributed by atoms with van der Waals surface area (Å²) in [5.74, 6) is -1.51. The third-order valence-electron chi connectivity index (χ3n) is 4.97. The van der Waals surface area contributed by atoms with Crippen LogP contribution < -0.4 is 0 Å². The second-order valence-electron chi connectivity index (χ2n) is 8.26. The second-order valence-corrected chi connectivity index (χ2v) is 8.26. The molecule has 0 aliphatic heterocycles. The summed E-state index contributed by atoms with van der Waals surface area (Å²) in [5.41, 5.74) is 0. The fourth-order valence-electron chi connectivity index (χ4n) is 2.59. The molecule has 0 heterocycles. The van der Waals surface area contributed by atoms with Gasteiger partial charge in [-0.25, -0.2) is 0 Å². The summed E-state index contributed by atoms with van der Waals surface area (Å²) in [7, 11) is 3.85. The van der Waals surface area contributed by atoms with Crippen LogP contribution in [0.2, 0.25) is 0 Å². The first kappa shape index (κ1) is 48.6. The van der Waals surface area contributed by atoms with E-state index in [1.807, 2.05) is 32.8 Å². The Morgan fingerprint density at radius 1 is 0.784 bits per heavy atom. The topological polar surface area (TPSA) is 142 Å². The fourth-order valence-corrected chi connectivity index (χ4v) is 2.59. The molecule has 231 valence electrons. The maximum Gasteiger partial charge on any atom is 0.306 e. The monoisotopic (exact) mass is 584 g/mol. The molecule has 9 nitrogen and oxygen atoms in total. The number of nitrogens with zero attached hydrogens (tertiary/aromatic N) is 2. The summed E-state index contributed by atoms with van der Waals surface area (Å²) in [5, 5.41) is 42.1. The number of unbranched alkanes of at least 4 members (excludes halogenated alkanes) is 2. The number of carboxylic acids is 2. The van der Waals surface area contributed by atoms with Crippen molar-refractivity contribution in [2.45, 2.75) is 79.1 Å². The summed E-state index contributed by atoms with van der Waals surface area (Å²) in [6.45, 7) is 9.95. The Morgan fingerprint density at radius 3 is 1.24 bits per heavy atom. The van der Waals surface area contributed by atoms with Crippen LogP contribution in [0, 0.1) is 31.7 Å². The second kappa shape index (κ2) is 39.0. The molecule has 0 aromatic heterocycles. The van der Waals surface area contributed by atoms with E-state index in [1.54, 1.807) is 0 Å². The zero-order chi connectivity index (χ0) is 28.1. The number of hydrogen-bond acceptors (Lipinski definition) is 7. The Bertz CT molecular complexity index is 491. The average Bonchev–Trinajstić information content (AvgIpc) is 2.80. The van der Waals surface area contributed by atoms with Crippen LogP contribution in [0.25, 0.3) is 0 Å². The van der Waals surface area contributed by atoms with Crippen molar-refractivity contribution in [3.8, 4) is 12.5 Å². The first-order chi connectivity index (χ1) is 16.6. The number of aliphatic hydroxyl groups excluding tert-OH is 3. The summed E-state index contributed by atoms with van der Waals surface area (Å²) in [6, 6.07) is 2.32. The molecule has 0 spiro atoms. The van der Waals surface area contributed by atoms with E-state index in [-0.39, 0.29) is 61.9 Å². The minimum absolute atomic E-state index is 0. The normalized spacial score (nSPS) is 10.7.